The van der Waals surface area contributed by atoms with Crippen molar-refractivity contribution >= 4 is 12.1 Å². The van der Waals surface area contributed by atoms with Gasteiger partial charge in [0.05, 0.1) is 12.5 Å². The van der Waals surface area contributed by atoms with Crippen molar-refractivity contribution in [2.24, 2.45) is 5.92 Å². The third-order valence-electron chi connectivity index (χ3n) is 7.68. The van der Waals surface area contributed by atoms with E-state index in [1.165, 1.54) is 0 Å². The lowest BCUT2D eigenvalue weighted by molar-refractivity contribution is -0.151. The van der Waals surface area contributed by atoms with Gasteiger partial charge in [-0.25, -0.2) is 4.79 Å². The standard InChI is InChI=1S/C31H45N3O6/c1-22(26-11-6-7-16-32-26)9-8-10-23(2)29-24(3)12-13-27(39-30(37)34-19-17-33(5)18-20-34)31(4,38)15-14-25(35)21-28(36)40-29/h6-13,16,22,24-25,27,29,35,38H,14-15,17-21H2,1-5H3/b9-8+,13-12+,23-10+/t22-,24-,25+,27-,29+,31+/m0/s1. The van der Waals surface area contributed by atoms with Gasteiger partial charge in [-0.2, -0.15) is 0 Å². The van der Waals surface area contributed by atoms with Gasteiger partial charge in [0.2, 0.25) is 0 Å². The highest BCUT2D eigenvalue weighted by molar-refractivity contribution is 5.70. The lowest BCUT2D eigenvalue weighted by atomic mass is 9.88. The second-order valence-corrected chi connectivity index (χ2v) is 11.3. The summed E-state index contributed by atoms with van der Waals surface area (Å²) in [4.78, 5) is 33.9. The number of carbonyl (C=O) groups is 2. The maximum absolute atomic E-state index is 13.0. The Kier molecular flexibility index (Phi) is 11.5. The summed E-state index contributed by atoms with van der Waals surface area (Å²) < 4.78 is 11.7. The van der Waals surface area contributed by atoms with E-state index in [0.717, 1.165) is 24.4 Å². The topological polar surface area (TPSA) is 112 Å². The molecule has 3 rings (SSSR count). The molecule has 1 aromatic heterocycles. The van der Waals surface area contributed by atoms with Crippen LogP contribution >= 0.6 is 0 Å². The molecule has 0 unspecified atom stereocenters. The number of pyridine rings is 1. The van der Waals surface area contributed by atoms with E-state index >= 15 is 0 Å². The van der Waals surface area contributed by atoms with E-state index in [0.29, 0.717) is 13.1 Å². The van der Waals surface area contributed by atoms with Crippen molar-refractivity contribution in [2.45, 2.75) is 76.8 Å². The number of amides is 1. The molecule has 0 spiro atoms. The Labute approximate surface area is 238 Å². The molecule has 9 heteroatoms. The van der Waals surface area contributed by atoms with Crippen LogP contribution < -0.4 is 0 Å². The lowest BCUT2D eigenvalue weighted by Gasteiger charge is -2.36. The molecule has 2 aliphatic heterocycles. The minimum Gasteiger partial charge on any atom is -0.457 e. The molecule has 220 valence electrons. The molecular weight excluding hydrogens is 510 g/mol. The molecule has 0 bridgehead atoms. The number of esters is 1. The van der Waals surface area contributed by atoms with Crippen LogP contribution in [0.15, 0.2) is 60.3 Å². The Morgan fingerprint density at radius 2 is 1.98 bits per heavy atom. The number of hydrogen-bond acceptors (Lipinski definition) is 8. The third kappa shape index (κ3) is 9.28. The average molecular weight is 556 g/mol. The molecule has 6 atom stereocenters. The number of aromatic nitrogens is 1. The van der Waals surface area contributed by atoms with Crippen molar-refractivity contribution in [3.05, 3.63) is 66.0 Å². The summed E-state index contributed by atoms with van der Waals surface area (Å²) in [6.45, 7) is 10.1. The molecule has 1 amide bonds. The van der Waals surface area contributed by atoms with Crippen LogP contribution in [0.25, 0.3) is 0 Å². The molecule has 0 aromatic carbocycles. The summed E-state index contributed by atoms with van der Waals surface area (Å²) in [5.41, 5.74) is 0.337. The molecule has 1 aromatic rings. The maximum Gasteiger partial charge on any atom is 0.410 e. The Morgan fingerprint density at radius 1 is 1.25 bits per heavy atom. The van der Waals surface area contributed by atoms with Gasteiger partial charge in [-0.1, -0.05) is 44.2 Å². The number of rotatable bonds is 5. The molecule has 0 saturated carbocycles. The number of aliphatic hydroxyl groups is 2. The number of hydrogen-bond donors (Lipinski definition) is 2. The molecule has 2 N–H and O–H groups in total. The fourth-order valence-electron chi connectivity index (χ4n) is 4.84. The molecular formula is C31H45N3O6. The Hall–Kier alpha value is -3.01. The number of ether oxygens (including phenoxy) is 2. The van der Waals surface area contributed by atoms with Gasteiger partial charge in [-0.15, -0.1) is 0 Å². The summed E-state index contributed by atoms with van der Waals surface area (Å²) in [7, 11) is 2.01. The van der Waals surface area contributed by atoms with E-state index in [4.69, 9.17) is 9.47 Å². The second kappa shape index (κ2) is 14.6. The van der Waals surface area contributed by atoms with Gasteiger partial charge < -0.3 is 29.5 Å². The van der Waals surface area contributed by atoms with E-state index in [1.807, 2.05) is 63.4 Å². The van der Waals surface area contributed by atoms with Crippen LogP contribution in [-0.4, -0.2) is 94.2 Å². The first kappa shape index (κ1) is 31.5. The minimum absolute atomic E-state index is 0.106. The van der Waals surface area contributed by atoms with Crippen LogP contribution in [0.5, 0.6) is 0 Å². The third-order valence-corrected chi connectivity index (χ3v) is 7.68. The number of cyclic esters (lactones) is 1. The van der Waals surface area contributed by atoms with Crippen molar-refractivity contribution in [1.29, 1.82) is 0 Å². The first-order valence-corrected chi connectivity index (χ1v) is 14.1. The van der Waals surface area contributed by atoms with Crippen LogP contribution in [0.3, 0.4) is 0 Å². The van der Waals surface area contributed by atoms with E-state index in [2.05, 4.69) is 16.8 Å². The fraction of sp³-hybridized carbons (Fsp3) is 0.581. The second-order valence-electron chi connectivity index (χ2n) is 11.3. The monoisotopic (exact) mass is 555 g/mol. The van der Waals surface area contributed by atoms with Gasteiger partial charge in [0.25, 0.3) is 0 Å². The summed E-state index contributed by atoms with van der Waals surface area (Å²) in [6.07, 6.45) is 8.23. The molecule has 2 aliphatic rings. The van der Waals surface area contributed by atoms with Crippen molar-refractivity contribution in [1.82, 2.24) is 14.8 Å². The van der Waals surface area contributed by atoms with Gasteiger partial charge in [0.1, 0.15) is 11.7 Å². The quantitative estimate of drug-likeness (QED) is 0.320. The van der Waals surface area contributed by atoms with E-state index in [1.54, 1.807) is 24.1 Å². The van der Waals surface area contributed by atoms with Crippen molar-refractivity contribution in [2.75, 3.05) is 33.2 Å². The maximum atomic E-state index is 13.0. The van der Waals surface area contributed by atoms with Crippen LogP contribution in [-0.2, 0) is 14.3 Å². The number of carbonyl (C=O) groups excluding carboxylic acids is 2. The first-order valence-electron chi connectivity index (χ1n) is 14.1. The molecule has 1 fully saturated rings. The highest BCUT2D eigenvalue weighted by atomic mass is 16.6. The van der Waals surface area contributed by atoms with Crippen LogP contribution in [0, 0.1) is 5.92 Å². The number of aliphatic hydroxyl groups excluding tert-OH is 1. The van der Waals surface area contributed by atoms with Crippen molar-refractivity contribution < 1.29 is 29.3 Å². The zero-order chi connectivity index (χ0) is 29.3. The van der Waals surface area contributed by atoms with Crippen LogP contribution in [0.1, 0.15) is 58.6 Å². The number of allylic oxidation sites excluding steroid dienone is 3. The largest absolute Gasteiger partial charge is 0.457 e. The Bertz CT molecular complexity index is 1060. The predicted molar refractivity (Wildman–Crippen MR) is 154 cm³/mol. The predicted octanol–water partition coefficient (Wildman–Crippen LogP) is 3.84. The average Bonchev–Trinajstić information content (AvgIpc) is 2.92. The van der Waals surface area contributed by atoms with Gasteiger partial charge in [0.15, 0.2) is 6.10 Å². The SMILES string of the molecule is C/C(=C\C=C\[C@H](C)c1ccccn1)[C@H]1OC(=O)C[C@H](O)CC[C@@](C)(O)[C@@H](OC(=O)N2CCN(C)CC2)/C=C/[C@@H]1C. The number of likely N-dealkylation sites (N-methyl/N-ethyl adjacent to an activating group) is 1. The summed E-state index contributed by atoms with van der Waals surface area (Å²) in [5, 5.41) is 21.8. The van der Waals surface area contributed by atoms with Gasteiger partial charge in [0, 0.05) is 49.9 Å². The van der Waals surface area contributed by atoms with Crippen molar-refractivity contribution in [3.63, 3.8) is 0 Å². The van der Waals surface area contributed by atoms with Gasteiger partial charge in [-0.3, -0.25) is 9.78 Å². The molecule has 0 radical (unpaired) electrons. The Balaban J connectivity index is 1.81. The number of piperazine rings is 1. The van der Waals surface area contributed by atoms with Gasteiger partial charge >= 0.3 is 12.1 Å². The number of nitrogens with zero attached hydrogens (tertiary/aromatic N) is 3. The van der Waals surface area contributed by atoms with E-state index in [9.17, 15) is 19.8 Å². The first-order chi connectivity index (χ1) is 19.0. The normalized spacial score (nSPS) is 31.1. The zero-order valence-corrected chi connectivity index (χ0v) is 24.4. The summed E-state index contributed by atoms with van der Waals surface area (Å²) in [6, 6.07) is 5.80. The fourth-order valence-corrected chi connectivity index (χ4v) is 4.84. The highest BCUT2D eigenvalue weighted by Gasteiger charge is 2.36. The summed E-state index contributed by atoms with van der Waals surface area (Å²) in [5.74, 6) is -0.692. The molecule has 40 heavy (non-hydrogen) atoms. The molecule has 0 aliphatic carbocycles. The van der Waals surface area contributed by atoms with Crippen LogP contribution in [0.4, 0.5) is 4.79 Å². The highest BCUT2D eigenvalue weighted by Crippen LogP contribution is 2.27. The van der Waals surface area contributed by atoms with Crippen LogP contribution in [0.2, 0.25) is 0 Å². The Morgan fingerprint density at radius 3 is 2.65 bits per heavy atom. The van der Waals surface area contributed by atoms with E-state index < -0.39 is 36.0 Å². The summed E-state index contributed by atoms with van der Waals surface area (Å²) >= 11 is 0. The van der Waals surface area contributed by atoms with Gasteiger partial charge in [-0.05, 0) is 57.5 Å². The van der Waals surface area contributed by atoms with E-state index in [-0.39, 0.29) is 31.1 Å². The smallest absolute Gasteiger partial charge is 0.410 e. The molecule has 1 saturated heterocycles. The minimum atomic E-state index is -1.44. The lowest BCUT2D eigenvalue weighted by Crippen LogP contribution is -2.50. The zero-order valence-electron chi connectivity index (χ0n) is 24.4. The molecule has 3 heterocycles. The van der Waals surface area contributed by atoms with Crippen molar-refractivity contribution in [3.8, 4) is 0 Å². The molecule has 9 nitrogen and oxygen atoms in total.